The molecule has 5 heteroatoms. The number of aromatic nitrogens is 2. The maximum atomic E-state index is 12.3. The van der Waals surface area contributed by atoms with Gasteiger partial charge in [-0.1, -0.05) is 12.1 Å². The van der Waals surface area contributed by atoms with E-state index in [2.05, 4.69) is 15.3 Å². The number of amides is 1. The summed E-state index contributed by atoms with van der Waals surface area (Å²) in [5.41, 5.74) is 4.53. The topological polar surface area (TPSA) is 68.0 Å². The molecule has 0 aliphatic carbocycles. The minimum absolute atomic E-state index is 0.238. The van der Waals surface area contributed by atoms with Crippen molar-refractivity contribution >= 4 is 16.9 Å². The summed E-state index contributed by atoms with van der Waals surface area (Å²) in [6.07, 6.45) is 0. The Morgan fingerprint density at radius 1 is 1.09 bits per heavy atom. The molecule has 23 heavy (non-hydrogen) atoms. The zero-order valence-electron chi connectivity index (χ0n) is 13.7. The molecular weight excluding hydrogens is 290 g/mol. The largest absolute Gasteiger partial charge is 0.451 e. The summed E-state index contributed by atoms with van der Waals surface area (Å²) < 4.78 is 5.64. The summed E-state index contributed by atoms with van der Waals surface area (Å²) in [6.45, 7) is 8.08. The second-order valence-corrected chi connectivity index (χ2v) is 5.75. The van der Waals surface area contributed by atoms with Gasteiger partial charge in [-0.3, -0.25) is 4.79 Å². The van der Waals surface area contributed by atoms with Gasteiger partial charge in [0, 0.05) is 28.9 Å². The van der Waals surface area contributed by atoms with Gasteiger partial charge in [0.1, 0.15) is 11.4 Å². The van der Waals surface area contributed by atoms with Crippen LogP contribution in [0.4, 0.5) is 0 Å². The Morgan fingerprint density at radius 3 is 2.48 bits per heavy atom. The average Bonchev–Trinajstić information content (AvgIpc) is 2.88. The van der Waals surface area contributed by atoms with Crippen molar-refractivity contribution in [2.45, 2.75) is 34.2 Å². The van der Waals surface area contributed by atoms with Gasteiger partial charge in [-0.15, -0.1) is 0 Å². The molecule has 3 aromatic rings. The highest BCUT2D eigenvalue weighted by Crippen LogP contribution is 2.20. The lowest BCUT2D eigenvalue weighted by atomic mass is 10.1. The van der Waals surface area contributed by atoms with E-state index in [0.717, 1.165) is 39.3 Å². The molecule has 0 aliphatic heterocycles. The van der Waals surface area contributed by atoms with Gasteiger partial charge in [0.2, 0.25) is 0 Å². The number of furan rings is 1. The van der Waals surface area contributed by atoms with Crippen molar-refractivity contribution in [3.63, 3.8) is 0 Å². The first-order valence-electron chi connectivity index (χ1n) is 7.53. The van der Waals surface area contributed by atoms with Crippen LogP contribution >= 0.6 is 0 Å². The standard InChI is InChI=1S/C18H19N3O2/c1-10-5-6-14-8-17(23-16(14)7-10)18(22)19-9-15-11(2)20-13(4)21-12(15)3/h5-8H,9H2,1-4H3,(H,19,22). The number of hydrogen-bond acceptors (Lipinski definition) is 4. The fourth-order valence-corrected chi connectivity index (χ4v) is 2.67. The summed E-state index contributed by atoms with van der Waals surface area (Å²) in [5, 5.41) is 3.80. The minimum atomic E-state index is -0.238. The van der Waals surface area contributed by atoms with E-state index >= 15 is 0 Å². The summed E-state index contributed by atoms with van der Waals surface area (Å²) >= 11 is 0. The molecule has 1 N–H and O–H groups in total. The van der Waals surface area contributed by atoms with Crippen molar-refractivity contribution in [3.05, 3.63) is 58.4 Å². The lowest BCUT2D eigenvalue weighted by molar-refractivity contribution is 0.0925. The number of hydrogen-bond donors (Lipinski definition) is 1. The van der Waals surface area contributed by atoms with Crippen molar-refractivity contribution in [2.75, 3.05) is 0 Å². The monoisotopic (exact) mass is 309 g/mol. The second kappa shape index (κ2) is 5.83. The molecule has 2 heterocycles. The Labute approximate surface area is 134 Å². The zero-order chi connectivity index (χ0) is 16.6. The highest BCUT2D eigenvalue weighted by atomic mass is 16.3. The van der Waals surface area contributed by atoms with Gasteiger partial charge in [-0.2, -0.15) is 0 Å². The Bertz CT molecular complexity index is 873. The van der Waals surface area contributed by atoms with E-state index in [-0.39, 0.29) is 5.91 Å². The SMILES string of the molecule is Cc1ccc2cc(C(=O)NCc3c(C)nc(C)nc3C)oc2c1. The van der Waals surface area contributed by atoms with Crippen LogP contribution in [-0.4, -0.2) is 15.9 Å². The van der Waals surface area contributed by atoms with E-state index in [9.17, 15) is 4.79 Å². The van der Waals surface area contributed by atoms with Crippen LogP contribution < -0.4 is 5.32 Å². The van der Waals surface area contributed by atoms with Gasteiger partial charge in [0.15, 0.2) is 5.76 Å². The lowest BCUT2D eigenvalue weighted by Gasteiger charge is -2.10. The predicted octanol–water partition coefficient (Wildman–Crippen LogP) is 3.39. The average molecular weight is 309 g/mol. The first-order chi connectivity index (χ1) is 10.9. The first kappa shape index (κ1) is 15.2. The number of nitrogens with zero attached hydrogens (tertiary/aromatic N) is 2. The molecule has 0 atom stereocenters. The quantitative estimate of drug-likeness (QED) is 0.805. The number of carbonyl (C=O) groups excluding carboxylic acids is 1. The van der Waals surface area contributed by atoms with Crippen LogP contribution in [0.2, 0.25) is 0 Å². The van der Waals surface area contributed by atoms with Crippen molar-refractivity contribution in [1.29, 1.82) is 0 Å². The molecule has 118 valence electrons. The molecule has 0 saturated heterocycles. The molecule has 2 aromatic heterocycles. The first-order valence-corrected chi connectivity index (χ1v) is 7.53. The third-order valence-corrected chi connectivity index (χ3v) is 3.86. The van der Waals surface area contributed by atoms with Crippen LogP contribution in [-0.2, 0) is 6.54 Å². The third-order valence-electron chi connectivity index (χ3n) is 3.86. The van der Waals surface area contributed by atoms with Crippen LogP contribution in [0.15, 0.2) is 28.7 Å². The highest BCUT2D eigenvalue weighted by Gasteiger charge is 2.14. The number of nitrogens with one attached hydrogen (secondary N) is 1. The molecular formula is C18H19N3O2. The number of fused-ring (bicyclic) bond motifs is 1. The zero-order valence-corrected chi connectivity index (χ0v) is 13.7. The normalized spacial score (nSPS) is 11.0. The molecule has 3 rings (SSSR count). The van der Waals surface area contributed by atoms with Crippen LogP contribution in [0.25, 0.3) is 11.0 Å². The second-order valence-electron chi connectivity index (χ2n) is 5.75. The maximum absolute atomic E-state index is 12.3. The highest BCUT2D eigenvalue weighted by molar-refractivity contribution is 5.96. The number of rotatable bonds is 3. The van der Waals surface area contributed by atoms with E-state index in [0.29, 0.717) is 12.3 Å². The molecule has 0 fully saturated rings. The summed E-state index contributed by atoms with van der Waals surface area (Å²) in [5.74, 6) is 0.815. The Kier molecular flexibility index (Phi) is 3.86. The van der Waals surface area contributed by atoms with Crippen molar-refractivity contribution in [2.24, 2.45) is 0 Å². The molecule has 1 aromatic carbocycles. The van der Waals surface area contributed by atoms with Crippen LogP contribution in [0.1, 0.15) is 38.9 Å². The molecule has 0 spiro atoms. The molecule has 0 aliphatic rings. The fraction of sp³-hybridized carbons (Fsp3) is 0.278. The van der Waals surface area contributed by atoms with Crippen LogP contribution in [0, 0.1) is 27.7 Å². The van der Waals surface area contributed by atoms with Crippen LogP contribution in [0.3, 0.4) is 0 Å². The summed E-state index contributed by atoms with van der Waals surface area (Å²) in [4.78, 5) is 21.0. The number of aryl methyl sites for hydroxylation is 4. The number of carbonyl (C=O) groups is 1. The van der Waals surface area contributed by atoms with Gasteiger partial charge >= 0.3 is 0 Å². The van der Waals surface area contributed by atoms with E-state index in [1.807, 2.05) is 45.9 Å². The predicted molar refractivity (Wildman–Crippen MR) is 88.4 cm³/mol. The fourth-order valence-electron chi connectivity index (χ4n) is 2.67. The molecule has 0 bridgehead atoms. The van der Waals surface area contributed by atoms with E-state index < -0.39 is 0 Å². The van der Waals surface area contributed by atoms with Crippen LogP contribution in [0.5, 0.6) is 0 Å². The maximum Gasteiger partial charge on any atom is 0.287 e. The van der Waals surface area contributed by atoms with Gasteiger partial charge in [0.05, 0.1) is 0 Å². The molecule has 0 radical (unpaired) electrons. The van der Waals surface area contributed by atoms with Gasteiger partial charge in [-0.05, 0) is 45.4 Å². The Balaban J connectivity index is 1.79. The van der Waals surface area contributed by atoms with Crippen molar-refractivity contribution in [3.8, 4) is 0 Å². The molecule has 0 saturated carbocycles. The Hall–Kier alpha value is -2.69. The Morgan fingerprint density at radius 2 is 1.78 bits per heavy atom. The van der Waals surface area contributed by atoms with E-state index in [4.69, 9.17) is 4.42 Å². The molecule has 1 amide bonds. The summed E-state index contributed by atoms with van der Waals surface area (Å²) in [7, 11) is 0. The van der Waals surface area contributed by atoms with E-state index in [1.54, 1.807) is 6.07 Å². The minimum Gasteiger partial charge on any atom is -0.451 e. The van der Waals surface area contributed by atoms with Gasteiger partial charge in [-0.25, -0.2) is 9.97 Å². The molecule has 0 unspecified atom stereocenters. The lowest BCUT2D eigenvalue weighted by Crippen LogP contribution is -2.23. The van der Waals surface area contributed by atoms with Gasteiger partial charge < -0.3 is 9.73 Å². The smallest absolute Gasteiger partial charge is 0.287 e. The van der Waals surface area contributed by atoms with Gasteiger partial charge in [0.25, 0.3) is 5.91 Å². The van der Waals surface area contributed by atoms with E-state index in [1.165, 1.54) is 0 Å². The third kappa shape index (κ3) is 3.08. The summed E-state index contributed by atoms with van der Waals surface area (Å²) in [6, 6.07) is 7.63. The van der Waals surface area contributed by atoms with Crippen molar-refractivity contribution < 1.29 is 9.21 Å². The van der Waals surface area contributed by atoms with Crippen molar-refractivity contribution in [1.82, 2.24) is 15.3 Å². The number of benzene rings is 1. The molecule has 5 nitrogen and oxygen atoms in total.